The van der Waals surface area contributed by atoms with E-state index >= 15 is 0 Å². The van der Waals surface area contributed by atoms with Crippen LogP contribution in [0.4, 0.5) is 0 Å². The number of aryl methyl sites for hydroxylation is 1. The third kappa shape index (κ3) is 10.3. The molecule has 1 fully saturated rings. The van der Waals surface area contributed by atoms with Crippen molar-refractivity contribution in [2.24, 2.45) is 0 Å². The molecule has 2 nitrogen and oxygen atoms in total. The van der Waals surface area contributed by atoms with E-state index in [9.17, 15) is 0 Å². The number of rotatable bonds is 17. The fourth-order valence-corrected chi connectivity index (χ4v) is 3.50. The van der Waals surface area contributed by atoms with E-state index < -0.39 is 0 Å². The Labute approximate surface area is 173 Å². The van der Waals surface area contributed by atoms with Gasteiger partial charge in [-0.15, -0.1) is 0 Å². The minimum Gasteiger partial charge on any atom is -0.490 e. The van der Waals surface area contributed by atoms with Gasteiger partial charge in [-0.1, -0.05) is 82.2 Å². The zero-order valence-corrected chi connectivity index (χ0v) is 18.4. The van der Waals surface area contributed by atoms with Gasteiger partial charge < -0.3 is 9.47 Å². The molecule has 1 aromatic rings. The molecule has 0 spiro atoms. The highest BCUT2D eigenvalue weighted by Gasteiger charge is 2.40. The van der Waals surface area contributed by atoms with Gasteiger partial charge >= 0.3 is 0 Å². The predicted octanol–water partition coefficient (Wildman–Crippen LogP) is 7.65. The lowest BCUT2D eigenvalue weighted by atomic mass is 10.0. The molecule has 1 unspecified atom stereocenters. The molecule has 0 amide bonds. The first-order valence-corrected chi connectivity index (χ1v) is 11.7. The van der Waals surface area contributed by atoms with E-state index in [-0.39, 0.29) is 5.60 Å². The number of epoxide rings is 1. The minimum absolute atomic E-state index is 0.0437. The number of unbranched alkanes of at least 4 members (excludes halogenated alkanes) is 10. The van der Waals surface area contributed by atoms with Crippen molar-refractivity contribution in [1.29, 1.82) is 0 Å². The van der Waals surface area contributed by atoms with Crippen molar-refractivity contribution < 1.29 is 9.47 Å². The smallest absolute Gasteiger partial charge is 0.123 e. The molecule has 0 aliphatic carbocycles. The molecule has 1 aromatic carbocycles. The average molecular weight is 387 g/mol. The molecular formula is C26H42O2. The van der Waals surface area contributed by atoms with Gasteiger partial charge in [0, 0.05) is 0 Å². The van der Waals surface area contributed by atoms with Gasteiger partial charge in [-0.3, -0.25) is 0 Å². The number of benzene rings is 1. The molecule has 0 radical (unpaired) electrons. The van der Waals surface area contributed by atoms with E-state index in [0.717, 1.165) is 18.8 Å². The average Bonchev–Trinajstić information content (AvgIpc) is 3.45. The summed E-state index contributed by atoms with van der Waals surface area (Å²) in [6.45, 7) is 5.87. The monoisotopic (exact) mass is 386 g/mol. The van der Waals surface area contributed by atoms with Crippen molar-refractivity contribution in [3.63, 3.8) is 0 Å². The van der Waals surface area contributed by atoms with Gasteiger partial charge in [0.05, 0.1) is 6.61 Å². The van der Waals surface area contributed by atoms with E-state index in [4.69, 9.17) is 9.47 Å². The first-order chi connectivity index (χ1) is 13.7. The molecule has 2 rings (SSSR count). The van der Waals surface area contributed by atoms with Crippen LogP contribution in [0.15, 0.2) is 36.4 Å². The molecule has 1 saturated heterocycles. The molecule has 2 heteroatoms. The molecule has 1 heterocycles. The summed E-state index contributed by atoms with van der Waals surface area (Å²) in [4.78, 5) is 0. The quantitative estimate of drug-likeness (QED) is 0.156. The summed E-state index contributed by atoms with van der Waals surface area (Å²) in [6, 6.07) is 8.49. The van der Waals surface area contributed by atoms with Gasteiger partial charge in [0.15, 0.2) is 0 Å². The summed E-state index contributed by atoms with van der Waals surface area (Å²) in [5.41, 5.74) is 1.30. The van der Waals surface area contributed by atoms with Crippen LogP contribution in [0.2, 0.25) is 0 Å². The van der Waals surface area contributed by atoms with Crippen LogP contribution >= 0.6 is 0 Å². The van der Waals surface area contributed by atoms with E-state index in [1.165, 1.54) is 82.6 Å². The molecule has 1 aliphatic heterocycles. The SMILES string of the molecule is CCCCC/C=C/CCCCCCCCCc1ccccc1OCC1(C)CO1. The number of hydrogen-bond acceptors (Lipinski definition) is 2. The Morgan fingerprint density at radius 2 is 1.50 bits per heavy atom. The minimum atomic E-state index is -0.0437. The maximum absolute atomic E-state index is 6.00. The Morgan fingerprint density at radius 1 is 0.893 bits per heavy atom. The lowest BCUT2D eigenvalue weighted by Crippen LogP contribution is -2.17. The van der Waals surface area contributed by atoms with Crippen LogP contribution in [0.25, 0.3) is 0 Å². The highest BCUT2D eigenvalue weighted by molar-refractivity contribution is 5.33. The molecule has 28 heavy (non-hydrogen) atoms. The lowest BCUT2D eigenvalue weighted by Gasteiger charge is -2.13. The molecule has 158 valence electrons. The van der Waals surface area contributed by atoms with E-state index in [1.54, 1.807) is 0 Å². The largest absolute Gasteiger partial charge is 0.490 e. The molecule has 1 aliphatic rings. The summed E-state index contributed by atoms with van der Waals surface area (Å²) in [5, 5.41) is 0. The van der Waals surface area contributed by atoms with Crippen LogP contribution in [-0.4, -0.2) is 18.8 Å². The highest BCUT2D eigenvalue weighted by atomic mass is 16.6. The summed E-state index contributed by atoms with van der Waals surface area (Å²) >= 11 is 0. The van der Waals surface area contributed by atoms with Gasteiger partial charge in [-0.05, 0) is 57.1 Å². The van der Waals surface area contributed by atoms with Crippen molar-refractivity contribution in [1.82, 2.24) is 0 Å². The molecular weight excluding hydrogens is 344 g/mol. The first-order valence-electron chi connectivity index (χ1n) is 11.7. The second-order valence-electron chi connectivity index (χ2n) is 8.62. The fourth-order valence-electron chi connectivity index (χ4n) is 3.50. The third-order valence-electron chi connectivity index (χ3n) is 5.60. The molecule has 0 aromatic heterocycles. The Hall–Kier alpha value is -1.28. The normalized spacial score (nSPS) is 18.6. The number of hydrogen-bond donors (Lipinski definition) is 0. The molecule has 1 atom stereocenters. The van der Waals surface area contributed by atoms with Crippen LogP contribution in [-0.2, 0) is 11.2 Å². The second-order valence-corrected chi connectivity index (χ2v) is 8.62. The second kappa shape index (κ2) is 13.8. The van der Waals surface area contributed by atoms with Crippen LogP contribution in [0.1, 0.15) is 96.5 Å². The number of para-hydroxylation sites is 1. The zero-order chi connectivity index (χ0) is 19.9. The van der Waals surface area contributed by atoms with Crippen LogP contribution < -0.4 is 4.74 Å². The van der Waals surface area contributed by atoms with Gasteiger partial charge in [-0.2, -0.15) is 0 Å². The van der Waals surface area contributed by atoms with Crippen LogP contribution in [0, 0.1) is 0 Å². The van der Waals surface area contributed by atoms with Gasteiger partial charge in [0.1, 0.15) is 18.0 Å². The Bertz CT molecular complexity index is 545. The standard InChI is InChI=1S/C26H42O2/c1-3-4-5-6-7-8-9-10-11-12-13-14-15-16-19-24-20-17-18-21-25(24)27-22-26(2)23-28-26/h7-8,17-18,20-21H,3-6,9-16,19,22-23H2,1-2H3/b8-7+. The van der Waals surface area contributed by atoms with E-state index in [0.29, 0.717) is 6.61 Å². The van der Waals surface area contributed by atoms with Crippen molar-refractivity contribution in [2.75, 3.05) is 13.2 Å². The Balaban J connectivity index is 1.44. The Kier molecular flexibility index (Phi) is 11.4. The topological polar surface area (TPSA) is 21.8 Å². The predicted molar refractivity (Wildman–Crippen MR) is 120 cm³/mol. The third-order valence-corrected chi connectivity index (χ3v) is 5.60. The molecule has 0 saturated carbocycles. The summed E-state index contributed by atoms with van der Waals surface area (Å²) in [7, 11) is 0. The van der Waals surface area contributed by atoms with Gasteiger partial charge in [0.2, 0.25) is 0 Å². The molecule has 0 bridgehead atoms. The maximum Gasteiger partial charge on any atom is 0.123 e. The van der Waals surface area contributed by atoms with Crippen molar-refractivity contribution in [3.05, 3.63) is 42.0 Å². The number of allylic oxidation sites excluding steroid dienone is 2. The van der Waals surface area contributed by atoms with Gasteiger partial charge in [-0.25, -0.2) is 0 Å². The maximum atomic E-state index is 6.00. The van der Waals surface area contributed by atoms with Crippen molar-refractivity contribution in [2.45, 2.75) is 103 Å². The lowest BCUT2D eigenvalue weighted by molar-refractivity contribution is 0.201. The number of ether oxygens (including phenoxy) is 2. The van der Waals surface area contributed by atoms with E-state index in [1.807, 2.05) is 0 Å². The van der Waals surface area contributed by atoms with Crippen LogP contribution in [0.3, 0.4) is 0 Å². The fraction of sp³-hybridized carbons (Fsp3) is 0.692. The highest BCUT2D eigenvalue weighted by Crippen LogP contribution is 2.28. The summed E-state index contributed by atoms with van der Waals surface area (Å²) in [5.74, 6) is 1.04. The van der Waals surface area contributed by atoms with Gasteiger partial charge in [0.25, 0.3) is 0 Å². The first kappa shape index (κ1) is 23.0. The Morgan fingerprint density at radius 3 is 2.18 bits per heavy atom. The van der Waals surface area contributed by atoms with Crippen LogP contribution in [0.5, 0.6) is 5.75 Å². The summed E-state index contributed by atoms with van der Waals surface area (Å²) < 4.78 is 11.4. The molecule has 0 N–H and O–H groups in total. The van der Waals surface area contributed by atoms with Crippen molar-refractivity contribution >= 4 is 0 Å². The van der Waals surface area contributed by atoms with Crippen molar-refractivity contribution in [3.8, 4) is 5.75 Å². The summed E-state index contributed by atoms with van der Waals surface area (Å²) in [6.07, 6.45) is 22.0. The zero-order valence-electron chi connectivity index (χ0n) is 18.4. The van der Waals surface area contributed by atoms with E-state index in [2.05, 4.69) is 50.3 Å².